The van der Waals surface area contributed by atoms with Crippen LogP contribution < -0.4 is 5.32 Å². The number of aromatic nitrogens is 1. The van der Waals surface area contributed by atoms with Crippen LogP contribution >= 0.6 is 34.8 Å². The zero-order valence-electron chi connectivity index (χ0n) is 10.3. The summed E-state index contributed by atoms with van der Waals surface area (Å²) in [7, 11) is 0. The number of carbonyl (C=O) groups excluding carboxylic acids is 1. The lowest BCUT2D eigenvalue weighted by atomic mass is 10.1. The highest BCUT2D eigenvalue weighted by atomic mass is 35.5. The van der Waals surface area contributed by atoms with Gasteiger partial charge in [-0.05, 0) is 25.3 Å². The molecule has 1 fully saturated rings. The van der Waals surface area contributed by atoms with Crippen molar-refractivity contribution < 1.29 is 4.79 Å². The molecule has 7 heteroatoms. The topological polar surface area (TPSA) is 45.2 Å². The number of likely N-dealkylation sites (tertiary alicyclic amines) is 1. The Morgan fingerprint density at radius 2 is 1.89 bits per heavy atom. The van der Waals surface area contributed by atoms with Crippen LogP contribution in [0.3, 0.4) is 0 Å². The highest BCUT2D eigenvalue weighted by Crippen LogP contribution is 2.28. The van der Waals surface area contributed by atoms with E-state index in [-0.39, 0.29) is 17.6 Å². The van der Waals surface area contributed by atoms with Gasteiger partial charge in [-0.25, -0.2) is 4.98 Å². The third kappa shape index (κ3) is 3.88. The Bertz CT molecular complexity index is 476. The first-order valence-electron chi connectivity index (χ1n) is 6.11. The lowest BCUT2D eigenvalue weighted by molar-refractivity contribution is -0.130. The number of hydrogen-bond donors (Lipinski definition) is 1. The fourth-order valence-electron chi connectivity index (χ4n) is 1.98. The van der Waals surface area contributed by atoms with Crippen LogP contribution in [-0.4, -0.2) is 35.4 Å². The molecule has 0 aromatic carbocycles. The Labute approximate surface area is 127 Å². The Morgan fingerprint density at radius 3 is 2.58 bits per heavy atom. The Balaban J connectivity index is 1.94. The Morgan fingerprint density at radius 1 is 1.21 bits per heavy atom. The molecule has 19 heavy (non-hydrogen) atoms. The zero-order chi connectivity index (χ0) is 13.8. The van der Waals surface area contributed by atoms with Gasteiger partial charge in [0.15, 0.2) is 0 Å². The second-order valence-electron chi connectivity index (χ2n) is 4.39. The van der Waals surface area contributed by atoms with Gasteiger partial charge in [0.2, 0.25) is 5.91 Å². The fraction of sp³-hybridized carbons (Fsp3) is 0.500. The summed E-state index contributed by atoms with van der Waals surface area (Å²) in [6, 6.07) is 1.51. The van der Waals surface area contributed by atoms with E-state index in [1.54, 1.807) is 0 Å². The molecule has 1 N–H and O–H groups in total. The maximum Gasteiger partial charge on any atom is 0.241 e. The third-order valence-electron chi connectivity index (χ3n) is 3.00. The van der Waals surface area contributed by atoms with E-state index in [1.165, 1.54) is 12.5 Å². The fourth-order valence-corrected chi connectivity index (χ4v) is 2.55. The maximum atomic E-state index is 12.0. The summed E-state index contributed by atoms with van der Waals surface area (Å²) in [6.45, 7) is 1.80. The van der Waals surface area contributed by atoms with Crippen molar-refractivity contribution >= 4 is 46.5 Å². The molecule has 0 spiro atoms. The number of hydrogen-bond acceptors (Lipinski definition) is 3. The average molecular weight is 323 g/mol. The van der Waals surface area contributed by atoms with Crippen molar-refractivity contribution in [3.63, 3.8) is 0 Å². The van der Waals surface area contributed by atoms with Gasteiger partial charge in [0.05, 0.1) is 16.6 Å². The SMILES string of the molecule is O=C(CNc1nc(Cl)c(Cl)cc1Cl)N1CCCCC1. The van der Waals surface area contributed by atoms with E-state index in [9.17, 15) is 4.79 Å². The number of rotatable bonds is 3. The zero-order valence-corrected chi connectivity index (χ0v) is 12.5. The molecular formula is C12H14Cl3N3O. The number of amides is 1. The summed E-state index contributed by atoms with van der Waals surface area (Å²) in [5.41, 5.74) is 0. The lowest BCUT2D eigenvalue weighted by Crippen LogP contribution is -2.39. The van der Waals surface area contributed by atoms with Crippen LogP contribution in [0.2, 0.25) is 15.2 Å². The van der Waals surface area contributed by atoms with E-state index in [0.717, 1.165) is 25.9 Å². The number of piperidine rings is 1. The van der Waals surface area contributed by atoms with Crippen LogP contribution in [0, 0.1) is 0 Å². The number of halogens is 3. The highest BCUT2D eigenvalue weighted by molar-refractivity contribution is 6.42. The molecule has 0 unspecified atom stereocenters. The molecule has 4 nitrogen and oxygen atoms in total. The van der Waals surface area contributed by atoms with Crippen molar-refractivity contribution in [2.24, 2.45) is 0 Å². The number of anilines is 1. The third-order valence-corrected chi connectivity index (χ3v) is 3.96. The van der Waals surface area contributed by atoms with Crippen LogP contribution in [-0.2, 0) is 4.79 Å². The van der Waals surface area contributed by atoms with Gasteiger partial charge in [-0.3, -0.25) is 4.79 Å². The predicted octanol–water partition coefficient (Wildman–Crippen LogP) is 3.47. The van der Waals surface area contributed by atoms with Crippen LogP contribution in [0.4, 0.5) is 5.82 Å². The average Bonchev–Trinajstić information content (AvgIpc) is 2.42. The molecule has 0 radical (unpaired) electrons. The summed E-state index contributed by atoms with van der Waals surface area (Å²) in [6.07, 6.45) is 3.33. The molecule has 104 valence electrons. The standard InChI is InChI=1S/C12H14Cl3N3O/c13-8-6-9(14)12(17-11(8)15)16-7-10(19)18-4-2-1-3-5-18/h6H,1-5,7H2,(H,16,17). The van der Waals surface area contributed by atoms with E-state index in [0.29, 0.717) is 15.9 Å². The molecule has 0 atom stereocenters. The summed E-state index contributed by atoms with van der Waals surface area (Å²) in [5.74, 6) is 0.421. The van der Waals surface area contributed by atoms with Crippen molar-refractivity contribution in [1.29, 1.82) is 0 Å². The van der Waals surface area contributed by atoms with Gasteiger partial charge in [0.25, 0.3) is 0 Å². The van der Waals surface area contributed by atoms with Crippen molar-refractivity contribution in [1.82, 2.24) is 9.88 Å². The first-order valence-corrected chi connectivity index (χ1v) is 7.24. The van der Waals surface area contributed by atoms with Gasteiger partial charge in [-0.1, -0.05) is 34.8 Å². The molecular weight excluding hydrogens is 309 g/mol. The molecule has 1 aromatic rings. The smallest absolute Gasteiger partial charge is 0.241 e. The Kier molecular flexibility index (Phi) is 5.13. The molecule has 2 rings (SSSR count). The summed E-state index contributed by atoms with van der Waals surface area (Å²) < 4.78 is 0. The van der Waals surface area contributed by atoms with Crippen molar-refractivity contribution in [2.45, 2.75) is 19.3 Å². The Hall–Kier alpha value is -0.710. The van der Waals surface area contributed by atoms with E-state index in [4.69, 9.17) is 34.8 Å². The van der Waals surface area contributed by atoms with Gasteiger partial charge in [-0.2, -0.15) is 0 Å². The van der Waals surface area contributed by atoms with Gasteiger partial charge in [-0.15, -0.1) is 0 Å². The molecule has 1 saturated heterocycles. The van der Waals surface area contributed by atoms with Gasteiger partial charge >= 0.3 is 0 Å². The maximum absolute atomic E-state index is 12.0. The summed E-state index contributed by atoms with van der Waals surface area (Å²) in [4.78, 5) is 17.8. The quantitative estimate of drug-likeness (QED) is 0.867. The van der Waals surface area contributed by atoms with Gasteiger partial charge < -0.3 is 10.2 Å². The monoisotopic (exact) mass is 321 g/mol. The lowest BCUT2D eigenvalue weighted by Gasteiger charge is -2.26. The highest BCUT2D eigenvalue weighted by Gasteiger charge is 2.17. The van der Waals surface area contributed by atoms with Gasteiger partial charge in [0, 0.05) is 13.1 Å². The second kappa shape index (κ2) is 6.64. The molecule has 0 bridgehead atoms. The van der Waals surface area contributed by atoms with Crippen LogP contribution in [0.1, 0.15) is 19.3 Å². The minimum absolute atomic E-state index is 0.0450. The van der Waals surface area contributed by atoms with E-state index in [1.807, 2.05) is 4.90 Å². The van der Waals surface area contributed by atoms with Crippen molar-refractivity contribution in [2.75, 3.05) is 25.0 Å². The van der Waals surface area contributed by atoms with Crippen molar-refractivity contribution in [3.8, 4) is 0 Å². The molecule has 0 aliphatic carbocycles. The van der Waals surface area contributed by atoms with E-state index >= 15 is 0 Å². The normalized spacial score (nSPS) is 15.4. The van der Waals surface area contributed by atoms with Crippen LogP contribution in [0.5, 0.6) is 0 Å². The molecule has 1 aliphatic rings. The molecule has 2 heterocycles. The van der Waals surface area contributed by atoms with Crippen molar-refractivity contribution in [3.05, 3.63) is 21.3 Å². The molecule has 1 aliphatic heterocycles. The van der Waals surface area contributed by atoms with Gasteiger partial charge in [0.1, 0.15) is 11.0 Å². The van der Waals surface area contributed by atoms with Crippen LogP contribution in [0.15, 0.2) is 6.07 Å². The van der Waals surface area contributed by atoms with E-state index in [2.05, 4.69) is 10.3 Å². The van der Waals surface area contributed by atoms with Crippen LogP contribution in [0.25, 0.3) is 0 Å². The minimum Gasteiger partial charge on any atom is -0.360 e. The molecule has 1 aromatic heterocycles. The summed E-state index contributed by atoms with van der Waals surface area (Å²) in [5, 5.41) is 3.71. The van der Waals surface area contributed by atoms with E-state index < -0.39 is 0 Å². The molecule has 0 saturated carbocycles. The first-order chi connectivity index (χ1) is 9.08. The first kappa shape index (κ1) is 14.7. The minimum atomic E-state index is 0.0450. The predicted molar refractivity (Wildman–Crippen MR) is 78.2 cm³/mol. The molecule has 1 amide bonds. The summed E-state index contributed by atoms with van der Waals surface area (Å²) >= 11 is 17.6. The number of nitrogens with one attached hydrogen (secondary N) is 1. The largest absolute Gasteiger partial charge is 0.360 e. The number of carbonyl (C=O) groups is 1. The number of nitrogens with zero attached hydrogens (tertiary/aromatic N) is 2. The second-order valence-corrected chi connectivity index (χ2v) is 5.56. The number of pyridine rings is 1.